The Morgan fingerprint density at radius 1 is 1.29 bits per heavy atom. The van der Waals surface area contributed by atoms with Gasteiger partial charge in [-0.05, 0) is 12.8 Å². The molecule has 0 saturated carbocycles. The molecule has 3 amide bonds. The van der Waals surface area contributed by atoms with Crippen LogP contribution in [0.4, 0.5) is 4.79 Å². The number of hydrogen-bond acceptors (Lipinski definition) is 7. The molecule has 9 nitrogen and oxygen atoms in total. The van der Waals surface area contributed by atoms with E-state index in [9.17, 15) is 19.2 Å². The largest absolute Gasteiger partial charge is 0.534 e. The number of unbranched alkanes of at least 4 members (excludes halogenated alkanes) is 1. The Labute approximate surface area is 121 Å². The van der Waals surface area contributed by atoms with Crippen molar-refractivity contribution >= 4 is 24.4 Å². The summed E-state index contributed by atoms with van der Waals surface area (Å²) in [5, 5.41) is 1.45. The summed E-state index contributed by atoms with van der Waals surface area (Å²) in [6, 6.07) is 0. The van der Waals surface area contributed by atoms with Crippen LogP contribution in [0.25, 0.3) is 0 Å². The summed E-state index contributed by atoms with van der Waals surface area (Å²) in [5.41, 5.74) is 0. The minimum Gasteiger partial charge on any atom is -0.428 e. The first-order valence-corrected chi connectivity index (χ1v) is 6.36. The Bertz CT molecular complexity index is 421. The lowest BCUT2D eigenvalue weighted by Gasteiger charge is -2.11. The lowest BCUT2D eigenvalue weighted by molar-refractivity contribution is -0.176. The average Bonchev–Trinajstić information content (AvgIpc) is 2.77. The third-order valence-electron chi connectivity index (χ3n) is 2.56. The molecule has 1 saturated heterocycles. The standard InChI is InChI=1S/C12H17N3O6/c13-14(9-16)7-3-1-2-4-8-20-12(19)21-15-10(17)5-6-11(15)18/h2,4,9H,1,3,5-8,13H2/b4-2-. The fourth-order valence-electron chi connectivity index (χ4n) is 1.51. The number of nitrogens with zero attached hydrogens (tertiary/aromatic N) is 2. The number of amides is 3. The number of hydrazine groups is 1. The van der Waals surface area contributed by atoms with Gasteiger partial charge >= 0.3 is 6.16 Å². The number of carbonyl (C=O) groups is 4. The summed E-state index contributed by atoms with van der Waals surface area (Å²) in [6.45, 7) is 0.380. The molecule has 0 spiro atoms. The molecule has 0 radical (unpaired) electrons. The van der Waals surface area contributed by atoms with Gasteiger partial charge in [0.1, 0.15) is 6.61 Å². The van der Waals surface area contributed by atoms with Crippen molar-refractivity contribution in [3.05, 3.63) is 12.2 Å². The summed E-state index contributed by atoms with van der Waals surface area (Å²) in [6.07, 6.45) is 4.14. The molecule has 1 rings (SSSR count). The highest BCUT2D eigenvalue weighted by Gasteiger charge is 2.33. The van der Waals surface area contributed by atoms with Gasteiger partial charge in [-0.3, -0.25) is 24.2 Å². The van der Waals surface area contributed by atoms with Gasteiger partial charge in [-0.25, -0.2) is 10.6 Å². The highest BCUT2D eigenvalue weighted by Crippen LogP contribution is 2.12. The first kappa shape index (κ1) is 16.6. The fourth-order valence-corrected chi connectivity index (χ4v) is 1.51. The summed E-state index contributed by atoms with van der Waals surface area (Å²) in [5.74, 6) is 4.13. The van der Waals surface area contributed by atoms with E-state index in [0.29, 0.717) is 30.9 Å². The van der Waals surface area contributed by atoms with Crippen LogP contribution in [0, 0.1) is 0 Å². The van der Waals surface area contributed by atoms with E-state index in [1.807, 2.05) is 0 Å². The van der Waals surface area contributed by atoms with Gasteiger partial charge in [0.2, 0.25) is 6.41 Å². The summed E-state index contributed by atoms with van der Waals surface area (Å²) < 4.78 is 4.66. The summed E-state index contributed by atoms with van der Waals surface area (Å²) >= 11 is 0. The zero-order valence-electron chi connectivity index (χ0n) is 11.4. The zero-order chi connectivity index (χ0) is 15.7. The number of nitrogens with two attached hydrogens (primary N) is 1. The van der Waals surface area contributed by atoms with Crippen molar-refractivity contribution in [1.82, 2.24) is 10.1 Å². The number of hydroxylamine groups is 2. The number of ether oxygens (including phenoxy) is 1. The monoisotopic (exact) mass is 299 g/mol. The lowest BCUT2D eigenvalue weighted by Crippen LogP contribution is -2.32. The van der Waals surface area contributed by atoms with Gasteiger partial charge in [0, 0.05) is 19.4 Å². The Balaban J connectivity index is 2.12. The zero-order valence-corrected chi connectivity index (χ0v) is 11.4. The highest BCUT2D eigenvalue weighted by molar-refractivity contribution is 6.01. The van der Waals surface area contributed by atoms with Crippen LogP contribution in [-0.2, 0) is 24.0 Å². The van der Waals surface area contributed by atoms with E-state index in [1.165, 1.54) is 0 Å². The van der Waals surface area contributed by atoms with Crippen molar-refractivity contribution in [2.24, 2.45) is 5.84 Å². The van der Waals surface area contributed by atoms with Crippen LogP contribution in [0.3, 0.4) is 0 Å². The molecule has 1 aliphatic rings. The van der Waals surface area contributed by atoms with Gasteiger partial charge in [0.15, 0.2) is 0 Å². The molecular weight excluding hydrogens is 282 g/mol. The number of allylic oxidation sites excluding steroid dienone is 1. The van der Waals surface area contributed by atoms with Gasteiger partial charge in [-0.15, -0.1) is 0 Å². The molecule has 1 fully saturated rings. The second-order valence-electron chi connectivity index (χ2n) is 4.19. The smallest absolute Gasteiger partial charge is 0.428 e. The van der Waals surface area contributed by atoms with Crippen LogP contribution < -0.4 is 5.84 Å². The fraction of sp³-hybridized carbons (Fsp3) is 0.500. The topological polar surface area (TPSA) is 119 Å². The van der Waals surface area contributed by atoms with Gasteiger partial charge in [-0.1, -0.05) is 17.2 Å². The molecule has 0 aliphatic carbocycles. The number of carbonyl (C=O) groups excluding carboxylic acids is 4. The van der Waals surface area contributed by atoms with Gasteiger partial charge in [0.25, 0.3) is 11.8 Å². The first-order chi connectivity index (χ1) is 10.0. The van der Waals surface area contributed by atoms with Crippen molar-refractivity contribution < 1.29 is 28.8 Å². The second kappa shape index (κ2) is 8.69. The molecule has 21 heavy (non-hydrogen) atoms. The number of rotatable bonds is 8. The predicted octanol–water partition coefficient (Wildman–Crippen LogP) is -0.128. The van der Waals surface area contributed by atoms with Crippen LogP contribution >= 0.6 is 0 Å². The van der Waals surface area contributed by atoms with Crippen molar-refractivity contribution in [2.45, 2.75) is 25.7 Å². The van der Waals surface area contributed by atoms with E-state index < -0.39 is 18.0 Å². The highest BCUT2D eigenvalue weighted by atomic mass is 16.8. The van der Waals surface area contributed by atoms with E-state index in [2.05, 4.69) is 9.57 Å². The maximum atomic E-state index is 11.2. The Morgan fingerprint density at radius 2 is 1.95 bits per heavy atom. The van der Waals surface area contributed by atoms with E-state index in [-0.39, 0.29) is 19.4 Å². The van der Waals surface area contributed by atoms with Crippen molar-refractivity contribution in [3.8, 4) is 0 Å². The maximum absolute atomic E-state index is 11.2. The molecule has 0 bridgehead atoms. The molecule has 0 aromatic heterocycles. The van der Waals surface area contributed by atoms with Crippen molar-refractivity contribution in [1.29, 1.82) is 0 Å². The maximum Gasteiger partial charge on any atom is 0.534 e. The van der Waals surface area contributed by atoms with Gasteiger partial charge < -0.3 is 4.74 Å². The average molecular weight is 299 g/mol. The molecular formula is C12H17N3O6. The summed E-state index contributed by atoms with van der Waals surface area (Å²) in [7, 11) is 0. The van der Waals surface area contributed by atoms with Gasteiger partial charge in [-0.2, -0.15) is 0 Å². The minimum atomic E-state index is -1.11. The quantitative estimate of drug-likeness (QED) is 0.0969. The van der Waals surface area contributed by atoms with Crippen LogP contribution in [0.15, 0.2) is 12.2 Å². The molecule has 116 valence electrons. The summed E-state index contributed by atoms with van der Waals surface area (Å²) in [4.78, 5) is 48.2. The Kier molecular flexibility index (Phi) is 6.88. The van der Waals surface area contributed by atoms with Crippen molar-refractivity contribution in [2.75, 3.05) is 13.2 Å². The molecule has 0 aromatic carbocycles. The third kappa shape index (κ3) is 6.04. The van der Waals surface area contributed by atoms with E-state index in [1.54, 1.807) is 12.2 Å². The van der Waals surface area contributed by atoms with E-state index in [4.69, 9.17) is 5.84 Å². The van der Waals surface area contributed by atoms with Gasteiger partial charge in [0.05, 0.1) is 0 Å². The predicted molar refractivity (Wildman–Crippen MR) is 68.9 cm³/mol. The molecule has 0 aromatic rings. The number of imide groups is 1. The molecule has 2 N–H and O–H groups in total. The van der Waals surface area contributed by atoms with Crippen LogP contribution in [-0.4, -0.2) is 47.6 Å². The normalized spacial score (nSPS) is 14.6. The Morgan fingerprint density at radius 3 is 2.57 bits per heavy atom. The molecule has 9 heteroatoms. The number of hydrogen-bond donors (Lipinski definition) is 1. The van der Waals surface area contributed by atoms with Crippen LogP contribution in [0.1, 0.15) is 25.7 Å². The van der Waals surface area contributed by atoms with E-state index >= 15 is 0 Å². The third-order valence-corrected chi connectivity index (χ3v) is 2.56. The van der Waals surface area contributed by atoms with Crippen LogP contribution in [0.2, 0.25) is 0 Å². The molecule has 1 aliphatic heterocycles. The minimum absolute atomic E-state index is 0.0327. The van der Waals surface area contributed by atoms with Crippen LogP contribution in [0.5, 0.6) is 0 Å². The SMILES string of the molecule is NN(C=O)CCC/C=C\COC(=O)ON1C(=O)CCC1=O. The Hall–Kier alpha value is -2.42. The van der Waals surface area contributed by atoms with E-state index in [0.717, 1.165) is 5.01 Å². The molecule has 0 unspecified atom stereocenters. The lowest BCUT2D eigenvalue weighted by atomic mass is 10.3. The molecule has 0 atom stereocenters. The molecule has 1 heterocycles. The first-order valence-electron chi connectivity index (χ1n) is 6.36. The van der Waals surface area contributed by atoms with Crippen molar-refractivity contribution in [3.63, 3.8) is 0 Å². The second-order valence-corrected chi connectivity index (χ2v) is 4.19.